The van der Waals surface area contributed by atoms with Gasteiger partial charge in [0.05, 0.1) is 6.61 Å². The van der Waals surface area contributed by atoms with Crippen LogP contribution in [0.1, 0.15) is 63.3 Å². The number of amidine groups is 1. The highest BCUT2D eigenvalue weighted by molar-refractivity contribution is 8.32. The second-order valence-corrected chi connectivity index (χ2v) is 18.2. The fraction of sp³-hybridized carbons (Fsp3) is 0.500. The number of carbonyl (C=O) groups excluding carboxylic acids is 1. The van der Waals surface area contributed by atoms with Crippen molar-refractivity contribution in [2.24, 2.45) is 4.99 Å². The van der Waals surface area contributed by atoms with Crippen LogP contribution < -0.4 is 5.32 Å². The Morgan fingerprint density at radius 1 is 1.09 bits per heavy atom. The molecule has 2 aromatic carbocycles. The van der Waals surface area contributed by atoms with Gasteiger partial charge < -0.3 is 19.7 Å². The predicted molar refractivity (Wildman–Crippen MR) is 183 cm³/mol. The molecule has 7 heteroatoms. The van der Waals surface area contributed by atoms with E-state index in [-0.39, 0.29) is 11.5 Å². The van der Waals surface area contributed by atoms with Gasteiger partial charge in [-0.25, -0.2) is 14.8 Å². The van der Waals surface area contributed by atoms with Gasteiger partial charge in [0.1, 0.15) is 18.2 Å². The number of hydrogen-bond donors (Lipinski definition) is 1. The van der Waals surface area contributed by atoms with Crippen LogP contribution in [0.3, 0.4) is 0 Å². The quantitative estimate of drug-likeness (QED) is 0.288. The molecule has 1 aliphatic heterocycles. The first kappa shape index (κ1) is 32.9. The molecule has 234 valence electrons. The smallest absolute Gasteiger partial charge is 0.407 e. The Morgan fingerprint density at radius 3 is 2.53 bits per heavy atom. The number of benzene rings is 2. The van der Waals surface area contributed by atoms with Gasteiger partial charge in [0.2, 0.25) is 0 Å². The van der Waals surface area contributed by atoms with E-state index in [2.05, 4.69) is 104 Å². The number of allylic oxidation sites excluding steroid dienone is 1. The summed E-state index contributed by atoms with van der Waals surface area (Å²) in [6.45, 7) is 12.4. The Kier molecular flexibility index (Phi) is 10.5. The average Bonchev–Trinajstić information content (AvgIpc) is 3.35. The standard InChI is InChI=1S/C36H51N3O3S/c1-9-37-33-32(18-20-39(33)26-41-21-22-43(6,7)8)27(2)29-15-12-16-31(23-29)36(25-38-34(40)42-35(3,4)5)19-17-28-13-10-11-14-30(28)24-36/h10-16,18,20,23H,9,17,19,21-22,24-26H2,1-8H3,(H,38,40)/b32-27+,37-33?. The van der Waals surface area contributed by atoms with Gasteiger partial charge in [0, 0.05) is 36.0 Å². The third-order valence-electron chi connectivity index (χ3n) is 8.11. The minimum atomic E-state index is -0.587. The van der Waals surface area contributed by atoms with Crippen molar-refractivity contribution in [3.63, 3.8) is 0 Å². The lowest BCUT2D eigenvalue weighted by molar-refractivity contribution is 0.0511. The number of amides is 1. The highest BCUT2D eigenvalue weighted by Crippen LogP contribution is 2.40. The summed E-state index contributed by atoms with van der Waals surface area (Å²) in [5, 5.41) is 3.12. The molecule has 1 aliphatic carbocycles. The zero-order valence-corrected chi connectivity index (χ0v) is 28.3. The number of hydrogen-bond acceptors (Lipinski definition) is 4. The van der Waals surface area contributed by atoms with Crippen LogP contribution in [-0.4, -0.2) is 73.4 Å². The molecule has 1 N–H and O–H groups in total. The zero-order valence-electron chi connectivity index (χ0n) is 27.5. The first-order chi connectivity index (χ1) is 20.3. The molecule has 0 bridgehead atoms. The van der Waals surface area contributed by atoms with Crippen molar-refractivity contribution in [1.29, 1.82) is 0 Å². The molecular weight excluding hydrogens is 554 g/mol. The molecule has 0 saturated carbocycles. The second-order valence-electron chi connectivity index (χ2n) is 13.6. The number of carbonyl (C=O) groups is 1. The number of fused-ring (bicyclic) bond motifs is 1. The van der Waals surface area contributed by atoms with Crippen molar-refractivity contribution >= 4 is 27.5 Å². The third kappa shape index (κ3) is 8.76. The van der Waals surface area contributed by atoms with Crippen molar-refractivity contribution < 1.29 is 14.3 Å². The molecule has 1 heterocycles. The Hall–Kier alpha value is -3.03. The van der Waals surface area contributed by atoms with Gasteiger partial charge in [-0.1, -0.05) is 48.5 Å². The van der Waals surface area contributed by atoms with Crippen LogP contribution in [0.15, 0.2) is 71.4 Å². The van der Waals surface area contributed by atoms with E-state index < -0.39 is 15.6 Å². The summed E-state index contributed by atoms with van der Waals surface area (Å²) in [7, 11) is -0.587. The van der Waals surface area contributed by atoms with Crippen molar-refractivity contribution in [2.75, 3.05) is 50.9 Å². The SMILES string of the molecule is CCN=C1/C(=C(\C)c2cccc(C3(CNC(=O)OC(C)(C)C)CCc4ccccc4C3)c2)C=CN1COCCS(C)(C)C. The van der Waals surface area contributed by atoms with E-state index in [1.54, 1.807) is 0 Å². The topological polar surface area (TPSA) is 63.2 Å². The molecular formula is C36H51N3O3S. The number of nitrogens with one attached hydrogen (secondary N) is 1. The molecule has 4 rings (SSSR count). The Balaban J connectivity index is 1.62. The lowest BCUT2D eigenvalue weighted by Crippen LogP contribution is -2.46. The summed E-state index contributed by atoms with van der Waals surface area (Å²) in [4.78, 5) is 19.8. The zero-order chi connectivity index (χ0) is 31.3. The first-order valence-electron chi connectivity index (χ1n) is 15.4. The summed E-state index contributed by atoms with van der Waals surface area (Å²) in [5.41, 5.74) is 6.66. The molecule has 0 saturated heterocycles. The van der Waals surface area contributed by atoms with Crippen LogP contribution in [0.5, 0.6) is 0 Å². The van der Waals surface area contributed by atoms with Crippen molar-refractivity contribution in [1.82, 2.24) is 10.2 Å². The van der Waals surface area contributed by atoms with Gasteiger partial charge in [-0.15, -0.1) is 0 Å². The van der Waals surface area contributed by atoms with E-state index >= 15 is 0 Å². The Morgan fingerprint density at radius 2 is 1.84 bits per heavy atom. The number of alkyl carbamates (subject to hydrolysis) is 1. The van der Waals surface area contributed by atoms with E-state index in [0.29, 0.717) is 19.8 Å². The second kappa shape index (κ2) is 13.7. The molecule has 1 amide bonds. The van der Waals surface area contributed by atoms with Gasteiger partial charge >= 0.3 is 6.09 Å². The molecule has 6 nitrogen and oxygen atoms in total. The van der Waals surface area contributed by atoms with Crippen LogP contribution in [0, 0.1) is 0 Å². The number of aryl methyl sites for hydroxylation is 1. The highest BCUT2D eigenvalue weighted by atomic mass is 32.3. The maximum atomic E-state index is 12.8. The maximum Gasteiger partial charge on any atom is 0.407 e. The number of aliphatic imine (C=N–C) groups is 1. The average molecular weight is 606 g/mol. The van der Waals surface area contributed by atoms with E-state index in [1.807, 2.05) is 20.8 Å². The van der Waals surface area contributed by atoms with Crippen LogP contribution in [0.25, 0.3) is 5.57 Å². The molecule has 2 aliphatic rings. The van der Waals surface area contributed by atoms with E-state index in [4.69, 9.17) is 14.5 Å². The van der Waals surface area contributed by atoms with E-state index in [9.17, 15) is 4.79 Å². The monoisotopic (exact) mass is 605 g/mol. The normalized spacial score (nSPS) is 21.1. The van der Waals surface area contributed by atoms with Gasteiger partial charge in [-0.2, -0.15) is 0 Å². The van der Waals surface area contributed by atoms with Crippen LogP contribution in [0.2, 0.25) is 0 Å². The van der Waals surface area contributed by atoms with Crippen LogP contribution in [-0.2, 0) is 27.7 Å². The number of nitrogens with zero attached hydrogens (tertiary/aromatic N) is 2. The largest absolute Gasteiger partial charge is 0.444 e. The summed E-state index contributed by atoms with van der Waals surface area (Å²) in [6.07, 6.45) is 13.6. The lowest BCUT2D eigenvalue weighted by Gasteiger charge is -2.39. The van der Waals surface area contributed by atoms with Gasteiger partial charge in [0.15, 0.2) is 0 Å². The minimum Gasteiger partial charge on any atom is -0.444 e. The summed E-state index contributed by atoms with van der Waals surface area (Å²) >= 11 is 0. The fourth-order valence-corrected chi connectivity index (χ4v) is 6.37. The molecule has 2 aromatic rings. The van der Waals surface area contributed by atoms with Crippen molar-refractivity contribution in [3.8, 4) is 0 Å². The molecule has 0 fully saturated rings. The van der Waals surface area contributed by atoms with E-state index in [0.717, 1.165) is 48.6 Å². The van der Waals surface area contributed by atoms with Gasteiger partial charge in [0.25, 0.3) is 0 Å². The number of ether oxygens (including phenoxy) is 2. The Bertz CT molecular complexity index is 1380. The molecule has 1 atom stereocenters. The lowest BCUT2D eigenvalue weighted by atomic mass is 9.67. The van der Waals surface area contributed by atoms with Gasteiger partial charge in [-0.3, -0.25) is 4.99 Å². The maximum absolute atomic E-state index is 12.8. The van der Waals surface area contributed by atoms with Crippen LogP contribution in [0.4, 0.5) is 4.79 Å². The predicted octanol–water partition coefficient (Wildman–Crippen LogP) is 7.33. The summed E-state index contributed by atoms with van der Waals surface area (Å²) in [5.74, 6) is 2.05. The summed E-state index contributed by atoms with van der Waals surface area (Å²) in [6, 6.07) is 17.5. The molecule has 1 unspecified atom stereocenters. The van der Waals surface area contributed by atoms with E-state index in [1.165, 1.54) is 22.3 Å². The summed E-state index contributed by atoms with van der Waals surface area (Å²) < 4.78 is 11.7. The fourth-order valence-electron chi connectivity index (χ4n) is 5.75. The van der Waals surface area contributed by atoms with Crippen molar-refractivity contribution in [2.45, 2.75) is 64.9 Å². The van der Waals surface area contributed by atoms with Crippen LogP contribution >= 0.6 is 10.0 Å². The molecule has 0 spiro atoms. The molecule has 43 heavy (non-hydrogen) atoms. The highest BCUT2D eigenvalue weighted by Gasteiger charge is 2.37. The minimum absolute atomic E-state index is 0.243. The van der Waals surface area contributed by atoms with Crippen molar-refractivity contribution in [3.05, 3.63) is 88.6 Å². The first-order valence-corrected chi connectivity index (χ1v) is 18.4. The van der Waals surface area contributed by atoms with Gasteiger partial charge in [-0.05, 0) is 107 Å². The molecule has 0 radical (unpaired) electrons. The third-order valence-corrected chi connectivity index (χ3v) is 9.51. The molecule has 0 aromatic heterocycles. The Labute approximate surface area is 261 Å². The number of rotatable bonds is 10.